The summed E-state index contributed by atoms with van der Waals surface area (Å²) in [5, 5.41) is 7.03. The van der Waals surface area contributed by atoms with E-state index in [9.17, 15) is 0 Å². The van der Waals surface area contributed by atoms with Crippen LogP contribution < -0.4 is 10.6 Å². The van der Waals surface area contributed by atoms with Crippen molar-refractivity contribution >= 4 is 5.96 Å². The van der Waals surface area contributed by atoms with Crippen molar-refractivity contribution in [3.8, 4) is 0 Å². The Morgan fingerprint density at radius 1 is 1.28 bits per heavy atom. The SMILES string of the molecule is CCNC(=NCCCOCC1CCOC1)NC1C2CCOC2C1(C)C. The Bertz CT molecular complexity index is 449. The van der Waals surface area contributed by atoms with Gasteiger partial charge in [-0.2, -0.15) is 0 Å². The van der Waals surface area contributed by atoms with Gasteiger partial charge in [0.25, 0.3) is 0 Å². The molecular weight excluding hydrogens is 318 g/mol. The number of ether oxygens (including phenoxy) is 3. The highest BCUT2D eigenvalue weighted by Crippen LogP contribution is 2.52. The molecular formula is C19H35N3O3. The largest absolute Gasteiger partial charge is 0.381 e. The minimum absolute atomic E-state index is 0.170. The Balaban J connectivity index is 1.38. The van der Waals surface area contributed by atoms with Crippen LogP contribution in [0, 0.1) is 17.3 Å². The van der Waals surface area contributed by atoms with E-state index in [1.165, 1.54) is 0 Å². The van der Waals surface area contributed by atoms with E-state index in [2.05, 4.69) is 31.4 Å². The summed E-state index contributed by atoms with van der Waals surface area (Å²) in [4.78, 5) is 4.73. The van der Waals surface area contributed by atoms with E-state index in [-0.39, 0.29) is 5.41 Å². The molecule has 2 heterocycles. The summed E-state index contributed by atoms with van der Waals surface area (Å²) in [5.74, 6) is 2.14. The maximum atomic E-state index is 5.88. The Morgan fingerprint density at radius 3 is 2.92 bits per heavy atom. The Morgan fingerprint density at radius 2 is 2.16 bits per heavy atom. The second kappa shape index (κ2) is 8.69. The number of guanidine groups is 1. The fraction of sp³-hybridized carbons (Fsp3) is 0.947. The van der Waals surface area contributed by atoms with Crippen LogP contribution in [0.1, 0.15) is 40.0 Å². The van der Waals surface area contributed by atoms with Gasteiger partial charge in [-0.05, 0) is 26.2 Å². The summed E-state index contributed by atoms with van der Waals surface area (Å²) in [5.41, 5.74) is 0.170. The molecule has 0 aromatic heterocycles. The second-order valence-corrected chi connectivity index (χ2v) is 8.11. The molecule has 0 aromatic carbocycles. The molecule has 3 aliphatic rings. The van der Waals surface area contributed by atoms with Crippen LogP contribution in [0.4, 0.5) is 0 Å². The summed E-state index contributed by atoms with van der Waals surface area (Å²) in [6.45, 7) is 12.6. The first-order chi connectivity index (χ1) is 12.1. The molecule has 6 nitrogen and oxygen atoms in total. The van der Waals surface area contributed by atoms with E-state index in [1.54, 1.807) is 0 Å². The van der Waals surface area contributed by atoms with E-state index in [0.29, 0.717) is 24.0 Å². The molecule has 0 bridgehead atoms. The number of nitrogens with one attached hydrogen (secondary N) is 2. The molecule has 2 saturated heterocycles. The third kappa shape index (κ3) is 4.47. The number of hydrogen-bond acceptors (Lipinski definition) is 4. The molecule has 25 heavy (non-hydrogen) atoms. The van der Waals surface area contributed by atoms with Gasteiger partial charge in [0, 0.05) is 56.2 Å². The first-order valence-electron chi connectivity index (χ1n) is 9.95. The minimum Gasteiger partial charge on any atom is -0.381 e. The predicted molar refractivity (Wildman–Crippen MR) is 98.9 cm³/mol. The van der Waals surface area contributed by atoms with Gasteiger partial charge >= 0.3 is 0 Å². The van der Waals surface area contributed by atoms with E-state index in [1.807, 2.05) is 0 Å². The van der Waals surface area contributed by atoms with E-state index >= 15 is 0 Å². The maximum absolute atomic E-state index is 5.88. The van der Waals surface area contributed by atoms with Crippen LogP contribution in [-0.2, 0) is 14.2 Å². The third-order valence-corrected chi connectivity index (χ3v) is 5.83. The fourth-order valence-electron chi connectivity index (χ4n) is 4.41. The van der Waals surface area contributed by atoms with Crippen molar-refractivity contribution in [1.82, 2.24) is 10.6 Å². The average molecular weight is 354 g/mol. The van der Waals surface area contributed by atoms with Crippen LogP contribution in [0.2, 0.25) is 0 Å². The molecule has 2 aliphatic heterocycles. The molecule has 2 N–H and O–H groups in total. The molecule has 4 atom stereocenters. The zero-order valence-electron chi connectivity index (χ0n) is 16.1. The van der Waals surface area contributed by atoms with E-state index in [4.69, 9.17) is 19.2 Å². The van der Waals surface area contributed by atoms with Crippen molar-refractivity contribution in [2.24, 2.45) is 22.2 Å². The lowest BCUT2D eigenvalue weighted by Gasteiger charge is -2.54. The van der Waals surface area contributed by atoms with E-state index < -0.39 is 0 Å². The monoisotopic (exact) mass is 353 g/mol. The van der Waals surface area contributed by atoms with Crippen molar-refractivity contribution in [3.63, 3.8) is 0 Å². The average Bonchev–Trinajstić information content (AvgIpc) is 3.25. The molecule has 6 heteroatoms. The highest BCUT2D eigenvalue weighted by atomic mass is 16.5. The number of aliphatic imine (C=N–C) groups is 1. The van der Waals surface area contributed by atoms with E-state index in [0.717, 1.165) is 71.3 Å². The number of fused-ring (bicyclic) bond motifs is 1. The minimum atomic E-state index is 0.170. The summed E-state index contributed by atoms with van der Waals surface area (Å²) >= 11 is 0. The predicted octanol–water partition coefficient (Wildman–Crippen LogP) is 1.80. The smallest absolute Gasteiger partial charge is 0.191 e. The van der Waals surface area contributed by atoms with Crippen LogP contribution in [0.5, 0.6) is 0 Å². The zero-order valence-corrected chi connectivity index (χ0v) is 16.1. The maximum Gasteiger partial charge on any atom is 0.191 e. The van der Waals surface area contributed by atoms with Gasteiger partial charge in [-0.15, -0.1) is 0 Å². The van der Waals surface area contributed by atoms with Gasteiger partial charge in [0.1, 0.15) is 0 Å². The number of rotatable bonds is 8. The van der Waals surface area contributed by atoms with Gasteiger partial charge in [-0.1, -0.05) is 13.8 Å². The Kier molecular flexibility index (Phi) is 6.58. The lowest BCUT2D eigenvalue weighted by molar-refractivity contribution is -0.106. The summed E-state index contributed by atoms with van der Waals surface area (Å²) in [7, 11) is 0. The molecule has 1 saturated carbocycles. The van der Waals surface area contributed by atoms with Gasteiger partial charge in [-0.25, -0.2) is 0 Å². The molecule has 3 fully saturated rings. The van der Waals surface area contributed by atoms with Crippen LogP contribution >= 0.6 is 0 Å². The topological polar surface area (TPSA) is 64.1 Å². The summed E-state index contributed by atoms with van der Waals surface area (Å²) in [6.07, 6.45) is 3.65. The first kappa shape index (κ1) is 18.9. The van der Waals surface area contributed by atoms with Crippen molar-refractivity contribution < 1.29 is 14.2 Å². The molecule has 0 aromatic rings. The van der Waals surface area contributed by atoms with Crippen LogP contribution in [0.15, 0.2) is 4.99 Å². The third-order valence-electron chi connectivity index (χ3n) is 5.83. The van der Waals surface area contributed by atoms with Gasteiger partial charge in [0.2, 0.25) is 0 Å². The van der Waals surface area contributed by atoms with Crippen LogP contribution in [0.25, 0.3) is 0 Å². The van der Waals surface area contributed by atoms with Gasteiger partial charge in [-0.3, -0.25) is 4.99 Å². The standard InChI is InChI=1S/C19H35N3O3/c1-4-20-18(21-8-5-9-23-12-14-6-10-24-13-14)22-16-15-7-11-25-17(15)19(16,2)3/h14-17H,4-13H2,1-3H3,(H2,20,21,22). The lowest BCUT2D eigenvalue weighted by Crippen LogP contribution is -2.67. The molecule has 3 rings (SSSR count). The van der Waals surface area contributed by atoms with Gasteiger partial charge in [0.05, 0.1) is 19.3 Å². The van der Waals surface area contributed by atoms with Crippen LogP contribution in [-0.4, -0.2) is 64.2 Å². The second-order valence-electron chi connectivity index (χ2n) is 8.11. The molecule has 1 aliphatic carbocycles. The molecule has 144 valence electrons. The summed E-state index contributed by atoms with van der Waals surface area (Å²) in [6, 6.07) is 0.441. The van der Waals surface area contributed by atoms with Crippen molar-refractivity contribution in [2.45, 2.75) is 52.2 Å². The molecule has 0 radical (unpaired) electrons. The zero-order chi connectivity index (χ0) is 17.7. The lowest BCUT2D eigenvalue weighted by atomic mass is 9.57. The Hall–Kier alpha value is -0.850. The number of hydrogen-bond donors (Lipinski definition) is 2. The summed E-state index contributed by atoms with van der Waals surface area (Å²) < 4.78 is 17.0. The van der Waals surface area contributed by atoms with Gasteiger partial charge in [0.15, 0.2) is 5.96 Å². The van der Waals surface area contributed by atoms with Crippen molar-refractivity contribution in [2.75, 3.05) is 46.1 Å². The van der Waals surface area contributed by atoms with Gasteiger partial charge < -0.3 is 24.8 Å². The number of nitrogens with zero attached hydrogens (tertiary/aromatic N) is 1. The highest BCUT2D eigenvalue weighted by molar-refractivity contribution is 5.80. The highest BCUT2D eigenvalue weighted by Gasteiger charge is 2.59. The van der Waals surface area contributed by atoms with Crippen LogP contribution in [0.3, 0.4) is 0 Å². The molecule has 4 unspecified atom stereocenters. The first-order valence-corrected chi connectivity index (χ1v) is 9.95. The fourth-order valence-corrected chi connectivity index (χ4v) is 4.41. The molecule has 0 amide bonds. The quantitative estimate of drug-likeness (QED) is 0.396. The normalized spacial score (nSPS) is 33.8. The Labute approximate surface area is 152 Å². The van der Waals surface area contributed by atoms with Crippen molar-refractivity contribution in [1.29, 1.82) is 0 Å². The molecule has 0 spiro atoms. The van der Waals surface area contributed by atoms with Crippen molar-refractivity contribution in [3.05, 3.63) is 0 Å².